The van der Waals surface area contributed by atoms with E-state index < -0.39 is 6.61 Å². The SMILES string of the molecule is COc1ccc(-c2cnc3ncnn3c2NCc2ccc(OC(F)F)cc2)cc1OC. The molecule has 160 valence electrons. The van der Waals surface area contributed by atoms with Gasteiger partial charge in [0.25, 0.3) is 5.78 Å². The number of alkyl halides is 2. The molecule has 2 heterocycles. The fourth-order valence-corrected chi connectivity index (χ4v) is 3.14. The minimum Gasteiger partial charge on any atom is -0.493 e. The fraction of sp³-hybridized carbons (Fsp3) is 0.190. The number of hydrogen-bond acceptors (Lipinski definition) is 7. The van der Waals surface area contributed by atoms with Crippen LogP contribution in [0.2, 0.25) is 0 Å². The van der Waals surface area contributed by atoms with E-state index in [1.54, 1.807) is 37.1 Å². The van der Waals surface area contributed by atoms with E-state index in [-0.39, 0.29) is 5.75 Å². The van der Waals surface area contributed by atoms with E-state index in [9.17, 15) is 8.78 Å². The topological polar surface area (TPSA) is 82.8 Å². The first-order valence-electron chi connectivity index (χ1n) is 9.28. The Kier molecular flexibility index (Phi) is 5.78. The smallest absolute Gasteiger partial charge is 0.387 e. The summed E-state index contributed by atoms with van der Waals surface area (Å²) in [6.07, 6.45) is 3.12. The highest BCUT2D eigenvalue weighted by Crippen LogP contribution is 2.35. The molecule has 0 fully saturated rings. The molecular weight excluding hydrogens is 408 g/mol. The van der Waals surface area contributed by atoms with Gasteiger partial charge in [-0.2, -0.15) is 23.4 Å². The summed E-state index contributed by atoms with van der Waals surface area (Å²) < 4.78 is 41.4. The predicted octanol–water partition coefficient (Wildman–Crippen LogP) is 4.02. The standard InChI is InChI=1S/C21H19F2N5O3/c1-29-17-8-5-14(9-18(17)30-2)16-11-25-21-26-12-27-28(21)19(16)24-10-13-3-6-15(7-4-13)31-20(22)23/h3-9,11-12,20,24H,10H2,1-2H3. The number of nitrogens with zero attached hydrogens (tertiary/aromatic N) is 4. The maximum Gasteiger partial charge on any atom is 0.387 e. The predicted molar refractivity (Wildman–Crippen MR) is 110 cm³/mol. The Balaban J connectivity index is 1.66. The first kappa shape index (κ1) is 20.3. The Morgan fingerprint density at radius 3 is 2.48 bits per heavy atom. The molecule has 0 saturated heterocycles. The molecule has 8 nitrogen and oxygen atoms in total. The fourth-order valence-electron chi connectivity index (χ4n) is 3.14. The minimum atomic E-state index is -2.86. The maximum absolute atomic E-state index is 12.3. The molecule has 0 bridgehead atoms. The van der Waals surface area contributed by atoms with Crippen molar-refractivity contribution < 1.29 is 23.0 Å². The molecule has 2 aromatic carbocycles. The van der Waals surface area contributed by atoms with Gasteiger partial charge in [0.15, 0.2) is 11.5 Å². The van der Waals surface area contributed by atoms with Gasteiger partial charge in [-0.1, -0.05) is 18.2 Å². The van der Waals surface area contributed by atoms with Crippen LogP contribution in [0, 0.1) is 0 Å². The Morgan fingerprint density at radius 2 is 1.77 bits per heavy atom. The zero-order chi connectivity index (χ0) is 21.8. The van der Waals surface area contributed by atoms with Crippen molar-refractivity contribution in [2.75, 3.05) is 19.5 Å². The van der Waals surface area contributed by atoms with E-state index in [2.05, 4.69) is 25.1 Å². The van der Waals surface area contributed by atoms with Gasteiger partial charge in [-0.05, 0) is 35.4 Å². The van der Waals surface area contributed by atoms with E-state index in [1.807, 2.05) is 18.2 Å². The monoisotopic (exact) mass is 427 g/mol. The molecule has 0 aliphatic rings. The maximum atomic E-state index is 12.3. The van der Waals surface area contributed by atoms with Crippen LogP contribution in [-0.4, -0.2) is 40.4 Å². The summed E-state index contributed by atoms with van der Waals surface area (Å²) in [5, 5.41) is 7.60. The summed E-state index contributed by atoms with van der Waals surface area (Å²) in [5.41, 5.74) is 2.48. The first-order valence-corrected chi connectivity index (χ1v) is 9.28. The van der Waals surface area contributed by atoms with Crippen LogP contribution in [-0.2, 0) is 6.54 Å². The van der Waals surface area contributed by atoms with Crippen molar-refractivity contribution in [1.82, 2.24) is 19.6 Å². The molecule has 0 aliphatic carbocycles. The number of hydrogen-bond donors (Lipinski definition) is 1. The lowest BCUT2D eigenvalue weighted by atomic mass is 10.1. The number of benzene rings is 2. The molecule has 4 rings (SSSR count). The van der Waals surface area contributed by atoms with Gasteiger partial charge >= 0.3 is 6.61 Å². The average molecular weight is 427 g/mol. The molecule has 10 heteroatoms. The third-order valence-corrected chi connectivity index (χ3v) is 4.61. The van der Waals surface area contributed by atoms with Gasteiger partial charge < -0.3 is 19.5 Å². The van der Waals surface area contributed by atoms with Gasteiger partial charge in [-0.25, -0.2) is 4.98 Å². The number of halogens is 2. The summed E-state index contributed by atoms with van der Waals surface area (Å²) in [7, 11) is 3.15. The van der Waals surface area contributed by atoms with Gasteiger partial charge in [0.1, 0.15) is 17.9 Å². The highest BCUT2D eigenvalue weighted by molar-refractivity contribution is 5.77. The van der Waals surface area contributed by atoms with Crippen molar-refractivity contribution in [3.63, 3.8) is 0 Å². The number of aromatic nitrogens is 4. The molecular formula is C21H19F2N5O3. The highest BCUT2D eigenvalue weighted by Gasteiger charge is 2.15. The lowest BCUT2D eigenvalue weighted by molar-refractivity contribution is -0.0498. The van der Waals surface area contributed by atoms with Crippen molar-refractivity contribution in [1.29, 1.82) is 0 Å². The van der Waals surface area contributed by atoms with Gasteiger partial charge in [-0.15, -0.1) is 0 Å². The van der Waals surface area contributed by atoms with Crippen LogP contribution in [0.4, 0.5) is 14.6 Å². The van der Waals surface area contributed by atoms with Crippen molar-refractivity contribution in [3.8, 4) is 28.4 Å². The summed E-state index contributed by atoms with van der Waals surface area (Å²) in [4.78, 5) is 8.50. The van der Waals surface area contributed by atoms with Crippen molar-refractivity contribution in [2.24, 2.45) is 0 Å². The second kappa shape index (κ2) is 8.82. The van der Waals surface area contributed by atoms with Crippen molar-refractivity contribution >= 4 is 11.6 Å². The Labute approximate surface area is 176 Å². The zero-order valence-corrected chi connectivity index (χ0v) is 16.8. The van der Waals surface area contributed by atoms with Crippen molar-refractivity contribution in [3.05, 3.63) is 60.6 Å². The van der Waals surface area contributed by atoms with Crippen molar-refractivity contribution in [2.45, 2.75) is 13.2 Å². The molecule has 0 unspecified atom stereocenters. The van der Waals surface area contributed by atoms with Gasteiger partial charge in [0.2, 0.25) is 0 Å². The number of rotatable bonds is 8. The molecule has 0 amide bonds. The van der Waals surface area contributed by atoms with Crippen LogP contribution in [0.15, 0.2) is 55.0 Å². The minimum absolute atomic E-state index is 0.104. The number of ether oxygens (including phenoxy) is 3. The van der Waals surface area contributed by atoms with E-state index >= 15 is 0 Å². The largest absolute Gasteiger partial charge is 0.493 e. The quantitative estimate of drug-likeness (QED) is 0.455. The van der Waals surface area contributed by atoms with E-state index in [0.717, 1.165) is 16.7 Å². The molecule has 0 spiro atoms. The Hall–Kier alpha value is -3.95. The Morgan fingerprint density at radius 1 is 1.00 bits per heavy atom. The van der Waals surface area contributed by atoms with Gasteiger partial charge in [0, 0.05) is 18.3 Å². The Bertz CT molecular complexity index is 1180. The lowest BCUT2D eigenvalue weighted by Crippen LogP contribution is -2.08. The molecule has 0 aliphatic heterocycles. The number of methoxy groups -OCH3 is 2. The van der Waals surface area contributed by atoms with Crippen LogP contribution < -0.4 is 19.5 Å². The zero-order valence-electron chi connectivity index (χ0n) is 16.8. The van der Waals surface area contributed by atoms with Crippen LogP contribution in [0.1, 0.15) is 5.56 Å². The van der Waals surface area contributed by atoms with Crippen LogP contribution in [0.5, 0.6) is 17.2 Å². The average Bonchev–Trinajstić information content (AvgIpc) is 3.26. The van der Waals surface area contributed by atoms with Crippen LogP contribution >= 0.6 is 0 Å². The number of fused-ring (bicyclic) bond motifs is 1. The normalized spacial score (nSPS) is 11.0. The van der Waals surface area contributed by atoms with E-state index in [1.165, 1.54) is 18.5 Å². The molecule has 0 radical (unpaired) electrons. The van der Waals surface area contributed by atoms with Crippen LogP contribution in [0.25, 0.3) is 16.9 Å². The number of anilines is 1. The second-order valence-electron chi connectivity index (χ2n) is 6.44. The second-order valence-corrected chi connectivity index (χ2v) is 6.44. The van der Waals surface area contributed by atoms with E-state index in [4.69, 9.17) is 9.47 Å². The van der Waals surface area contributed by atoms with Crippen LogP contribution in [0.3, 0.4) is 0 Å². The van der Waals surface area contributed by atoms with Gasteiger partial charge in [0.05, 0.1) is 14.2 Å². The van der Waals surface area contributed by atoms with Gasteiger partial charge in [-0.3, -0.25) is 0 Å². The molecule has 4 aromatic rings. The summed E-state index contributed by atoms with van der Waals surface area (Å²) in [5.74, 6) is 2.41. The number of nitrogens with one attached hydrogen (secondary N) is 1. The molecule has 0 saturated carbocycles. The summed E-state index contributed by atoms with van der Waals surface area (Å²) in [6, 6.07) is 12.0. The third kappa shape index (κ3) is 4.32. The molecule has 0 atom stereocenters. The third-order valence-electron chi connectivity index (χ3n) is 4.61. The summed E-state index contributed by atoms with van der Waals surface area (Å²) in [6.45, 7) is -2.45. The lowest BCUT2D eigenvalue weighted by Gasteiger charge is -2.15. The summed E-state index contributed by atoms with van der Waals surface area (Å²) >= 11 is 0. The van der Waals surface area contributed by atoms with E-state index in [0.29, 0.717) is 29.6 Å². The molecule has 1 N–H and O–H groups in total. The highest BCUT2D eigenvalue weighted by atomic mass is 19.3. The molecule has 31 heavy (non-hydrogen) atoms. The first-order chi connectivity index (χ1) is 15.1. The molecule has 2 aromatic heterocycles.